The zero-order chi connectivity index (χ0) is 22.2. The van der Waals surface area contributed by atoms with Gasteiger partial charge >= 0.3 is 0 Å². The van der Waals surface area contributed by atoms with Crippen molar-refractivity contribution in [1.29, 1.82) is 0 Å². The molecule has 31 heavy (non-hydrogen) atoms. The Morgan fingerprint density at radius 2 is 1.58 bits per heavy atom. The van der Waals surface area contributed by atoms with Gasteiger partial charge in [0.1, 0.15) is 6.04 Å². The number of hydrogen-bond donors (Lipinski definition) is 2. The van der Waals surface area contributed by atoms with Crippen molar-refractivity contribution in [2.45, 2.75) is 65.0 Å². The largest absolute Gasteiger partial charge is 0.493 e. The summed E-state index contributed by atoms with van der Waals surface area (Å²) in [5.74, 6) is 3.37. The molecule has 0 aliphatic heterocycles. The second-order valence-electron chi connectivity index (χ2n) is 10.3. The third-order valence-corrected chi connectivity index (χ3v) is 7.67. The van der Waals surface area contributed by atoms with E-state index in [1.165, 1.54) is 19.3 Å². The highest BCUT2D eigenvalue weighted by molar-refractivity contribution is 5.90. The maximum atomic E-state index is 13.4. The fraction of sp³-hybridized carbons (Fsp3) is 0.680. The summed E-state index contributed by atoms with van der Waals surface area (Å²) in [5, 5.41) is 6.15. The molecule has 1 aromatic rings. The summed E-state index contributed by atoms with van der Waals surface area (Å²) in [6.45, 7) is 4.34. The number of benzene rings is 1. The lowest BCUT2D eigenvalue weighted by atomic mass is 9.49. The molecule has 4 aliphatic rings. The summed E-state index contributed by atoms with van der Waals surface area (Å²) in [6.07, 6.45) is 6.90. The van der Waals surface area contributed by atoms with Gasteiger partial charge in [0.05, 0.1) is 14.2 Å². The lowest BCUT2D eigenvalue weighted by Crippen LogP contribution is -2.58. The molecule has 0 radical (unpaired) electrons. The first-order chi connectivity index (χ1) is 14.8. The molecule has 1 aromatic carbocycles. The van der Waals surface area contributed by atoms with Crippen LogP contribution in [0.15, 0.2) is 18.2 Å². The first-order valence-corrected chi connectivity index (χ1v) is 11.6. The van der Waals surface area contributed by atoms with Crippen LogP contribution in [0, 0.1) is 29.1 Å². The molecule has 4 aliphatic carbocycles. The van der Waals surface area contributed by atoms with Crippen molar-refractivity contribution in [1.82, 2.24) is 10.6 Å². The van der Waals surface area contributed by atoms with Gasteiger partial charge in [-0.05, 0) is 79.9 Å². The van der Waals surface area contributed by atoms with E-state index >= 15 is 0 Å². The van der Waals surface area contributed by atoms with Crippen molar-refractivity contribution in [3.05, 3.63) is 23.8 Å². The van der Waals surface area contributed by atoms with Gasteiger partial charge in [-0.15, -0.1) is 0 Å². The summed E-state index contributed by atoms with van der Waals surface area (Å²) in [6, 6.07) is 5.06. The van der Waals surface area contributed by atoms with Crippen LogP contribution in [-0.2, 0) is 16.1 Å². The zero-order valence-electron chi connectivity index (χ0n) is 19.2. The van der Waals surface area contributed by atoms with Crippen LogP contribution in [0.25, 0.3) is 0 Å². The molecule has 0 unspecified atom stereocenters. The van der Waals surface area contributed by atoms with Gasteiger partial charge in [-0.1, -0.05) is 19.9 Å². The van der Waals surface area contributed by atoms with Crippen LogP contribution in [0.4, 0.5) is 0 Å². The van der Waals surface area contributed by atoms with Gasteiger partial charge in [0.15, 0.2) is 11.5 Å². The number of amides is 2. The van der Waals surface area contributed by atoms with Crippen molar-refractivity contribution < 1.29 is 19.1 Å². The Kier molecular flexibility index (Phi) is 6.18. The molecule has 2 N–H and O–H groups in total. The number of hydrogen-bond acceptors (Lipinski definition) is 4. The molecule has 0 aromatic heterocycles. The molecule has 1 atom stereocenters. The number of rotatable bonds is 8. The lowest BCUT2D eigenvalue weighted by Gasteiger charge is -2.55. The summed E-state index contributed by atoms with van der Waals surface area (Å²) in [4.78, 5) is 26.4. The number of carbonyl (C=O) groups excluding carboxylic acids is 2. The summed E-state index contributed by atoms with van der Waals surface area (Å²) < 4.78 is 10.6. The van der Waals surface area contributed by atoms with Crippen LogP contribution >= 0.6 is 0 Å². The molecule has 0 heterocycles. The maximum absolute atomic E-state index is 13.4. The topological polar surface area (TPSA) is 76.7 Å². The number of nitrogens with one attached hydrogen (secondary N) is 2. The normalized spacial score (nSPS) is 29.5. The highest BCUT2D eigenvalue weighted by Gasteiger charge is 2.55. The van der Waals surface area contributed by atoms with Crippen molar-refractivity contribution in [3.63, 3.8) is 0 Å². The van der Waals surface area contributed by atoms with E-state index < -0.39 is 6.04 Å². The van der Waals surface area contributed by atoms with Gasteiger partial charge in [0, 0.05) is 12.0 Å². The van der Waals surface area contributed by atoms with E-state index in [0.717, 1.165) is 24.8 Å². The average molecular weight is 429 g/mol. The predicted octanol–water partition coefficient (Wildman–Crippen LogP) is 3.68. The van der Waals surface area contributed by atoms with Gasteiger partial charge in [0.25, 0.3) is 0 Å². The predicted molar refractivity (Wildman–Crippen MR) is 119 cm³/mol. The highest BCUT2D eigenvalue weighted by Crippen LogP contribution is 2.60. The molecule has 0 spiro atoms. The van der Waals surface area contributed by atoms with Crippen LogP contribution in [0.2, 0.25) is 0 Å². The summed E-state index contributed by atoms with van der Waals surface area (Å²) in [7, 11) is 3.19. The molecule has 5 rings (SSSR count). The van der Waals surface area contributed by atoms with Crippen LogP contribution in [-0.4, -0.2) is 32.1 Å². The van der Waals surface area contributed by atoms with Crippen LogP contribution in [0.5, 0.6) is 11.5 Å². The van der Waals surface area contributed by atoms with E-state index in [1.807, 2.05) is 32.0 Å². The van der Waals surface area contributed by atoms with E-state index in [9.17, 15) is 9.59 Å². The van der Waals surface area contributed by atoms with Gasteiger partial charge in [0.2, 0.25) is 11.8 Å². The Balaban J connectivity index is 1.39. The third kappa shape index (κ3) is 4.39. The van der Waals surface area contributed by atoms with Gasteiger partial charge in [-0.25, -0.2) is 0 Å². The quantitative estimate of drug-likeness (QED) is 0.662. The molecular formula is C25H36N2O4. The maximum Gasteiger partial charge on any atom is 0.243 e. The van der Waals surface area contributed by atoms with Gasteiger partial charge in [-0.2, -0.15) is 0 Å². The van der Waals surface area contributed by atoms with Gasteiger partial charge < -0.3 is 20.1 Å². The second-order valence-corrected chi connectivity index (χ2v) is 10.3. The molecule has 170 valence electrons. The van der Waals surface area contributed by atoms with E-state index in [4.69, 9.17) is 9.47 Å². The van der Waals surface area contributed by atoms with E-state index in [2.05, 4.69) is 10.6 Å². The second kappa shape index (κ2) is 8.71. The Hall–Kier alpha value is -2.24. The SMILES string of the molecule is COc1ccc(CNC(=O)[C@@H](NC(=O)C23CC4CC(CC(C4)C2)C3)C(C)C)cc1OC. The fourth-order valence-electron chi connectivity index (χ4n) is 6.51. The number of ether oxygens (including phenoxy) is 2. The van der Waals surface area contributed by atoms with E-state index in [-0.39, 0.29) is 23.1 Å². The molecule has 6 nitrogen and oxygen atoms in total. The minimum absolute atomic E-state index is 0.0169. The third-order valence-electron chi connectivity index (χ3n) is 7.67. The van der Waals surface area contributed by atoms with Crippen molar-refractivity contribution in [2.75, 3.05) is 14.2 Å². The van der Waals surface area contributed by atoms with Crippen LogP contribution < -0.4 is 20.1 Å². The molecular weight excluding hydrogens is 392 g/mol. The van der Waals surface area contributed by atoms with Crippen molar-refractivity contribution in [2.24, 2.45) is 29.1 Å². The molecule has 6 heteroatoms. The average Bonchev–Trinajstić information content (AvgIpc) is 2.74. The number of carbonyl (C=O) groups is 2. The smallest absolute Gasteiger partial charge is 0.243 e. The van der Waals surface area contributed by atoms with Crippen LogP contribution in [0.1, 0.15) is 57.9 Å². The van der Waals surface area contributed by atoms with E-state index in [0.29, 0.717) is 35.8 Å². The fourth-order valence-corrected chi connectivity index (χ4v) is 6.51. The Bertz CT molecular complexity index is 800. The lowest BCUT2D eigenvalue weighted by molar-refractivity contribution is -0.149. The minimum Gasteiger partial charge on any atom is -0.493 e. The number of methoxy groups -OCH3 is 2. The van der Waals surface area contributed by atoms with Crippen molar-refractivity contribution in [3.8, 4) is 11.5 Å². The standard InChI is InChI=1S/C25H36N2O4/c1-15(2)22(23(28)26-14-16-5-6-20(30-3)21(10-16)31-4)27-24(29)25-11-17-7-18(12-25)9-19(8-17)13-25/h5-6,10,15,17-19,22H,7-9,11-14H2,1-4H3,(H,26,28)(H,27,29)/t17?,18?,19?,22-,25?/m0/s1. The molecule has 4 fully saturated rings. The first-order valence-electron chi connectivity index (χ1n) is 11.6. The Morgan fingerprint density at radius 1 is 1.00 bits per heavy atom. The van der Waals surface area contributed by atoms with E-state index in [1.54, 1.807) is 14.2 Å². The summed E-state index contributed by atoms with van der Waals surface area (Å²) in [5.41, 5.74) is 0.673. The Labute approximate surface area is 185 Å². The summed E-state index contributed by atoms with van der Waals surface area (Å²) >= 11 is 0. The zero-order valence-corrected chi connectivity index (χ0v) is 19.2. The monoisotopic (exact) mass is 428 g/mol. The molecule has 2 amide bonds. The van der Waals surface area contributed by atoms with Gasteiger partial charge in [-0.3, -0.25) is 9.59 Å². The van der Waals surface area contributed by atoms with Crippen LogP contribution in [0.3, 0.4) is 0 Å². The first kappa shape index (κ1) is 22.0. The molecule has 0 saturated heterocycles. The van der Waals surface area contributed by atoms with Crippen molar-refractivity contribution >= 4 is 11.8 Å². The highest BCUT2D eigenvalue weighted by atomic mass is 16.5. The molecule has 4 saturated carbocycles. The minimum atomic E-state index is -0.527. The molecule has 4 bridgehead atoms. The Morgan fingerprint density at radius 3 is 2.10 bits per heavy atom.